The van der Waals surface area contributed by atoms with Gasteiger partial charge in [-0.15, -0.1) is 0 Å². The molecular formula is C20H19NO6S. The number of hydrogen-bond acceptors (Lipinski definition) is 7. The van der Waals surface area contributed by atoms with Gasteiger partial charge in [0.05, 0.1) is 39.0 Å². The lowest BCUT2D eigenvalue weighted by molar-refractivity contribution is 0.0693. The van der Waals surface area contributed by atoms with Gasteiger partial charge in [-0.05, 0) is 47.9 Å². The molecule has 0 aliphatic rings. The van der Waals surface area contributed by atoms with Crippen LogP contribution >= 0.6 is 11.5 Å². The largest absolute Gasteiger partial charge is 0.496 e. The molecule has 0 aliphatic carbocycles. The molecule has 3 rings (SSSR count). The number of nitrogens with zero attached hydrogens (tertiary/aromatic N) is 1. The van der Waals surface area contributed by atoms with E-state index in [-0.39, 0.29) is 5.56 Å². The molecule has 3 aromatic rings. The zero-order valence-electron chi connectivity index (χ0n) is 15.8. The minimum absolute atomic E-state index is 0.0855. The van der Waals surface area contributed by atoms with Gasteiger partial charge in [-0.1, -0.05) is 0 Å². The molecule has 2 aromatic carbocycles. The molecule has 28 heavy (non-hydrogen) atoms. The van der Waals surface area contributed by atoms with Crippen molar-refractivity contribution in [3.05, 3.63) is 42.0 Å². The van der Waals surface area contributed by atoms with Crippen LogP contribution in [-0.4, -0.2) is 43.9 Å². The molecule has 0 fully saturated rings. The van der Waals surface area contributed by atoms with Crippen molar-refractivity contribution in [2.45, 2.75) is 0 Å². The molecule has 0 spiro atoms. The monoisotopic (exact) mass is 401 g/mol. The number of methoxy groups -OCH3 is 4. The topological polar surface area (TPSA) is 87.1 Å². The van der Waals surface area contributed by atoms with Crippen molar-refractivity contribution >= 4 is 17.5 Å². The zero-order chi connectivity index (χ0) is 20.3. The SMILES string of the molecule is COc1ccc(-c2cc(-c3cc(OC)c(OC)c(OC)c3)sn2)cc1C(=O)O. The van der Waals surface area contributed by atoms with E-state index >= 15 is 0 Å². The van der Waals surface area contributed by atoms with E-state index in [9.17, 15) is 9.90 Å². The first-order valence-electron chi connectivity index (χ1n) is 8.21. The van der Waals surface area contributed by atoms with Gasteiger partial charge >= 0.3 is 5.97 Å². The third-order valence-electron chi connectivity index (χ3n) is 4.19. The van der Waals surface area contributed by atoms with Crippen molar-refractivity contribution in [3.8, 4) is 44.7 Å². The van der Waals surface area contributed by atoms with E-state index < -0.39 is 5.97 Å². The van der Waals surface area contributed by atoms with Crippen LogP contribution in [0.4, 0.5) is 0 Å². The van der Waals surface area contributed by atoms with Gasteiger partial charge < -0.3 is 24.1 Å². The lowest BCUT2D eigenvalue weighted by Crippen LogP contribution is -2.00. The van der Waals surface area contributed by atoms with E-state index in [4.69, 9.17) is 18.9 Å². The number of rotatable bonds is 7. The van der Waals surface area contributed by atoms with Crippen molar-refractivity contribution in [1.82, 2.24) is 4.37 Å². The second kappa shape index (κ2) is 8.18. The Morgan fingerprint density at radius 2 is 1.50 bits per heavy atom. The fourth-order valence-corrected chi connectivity index (χ4v) is 3.55. The zero-order valence-corrected chi connectivity index (χ0v) is 16.6. The van der Waals surface area contributed by atoms with Gasteiger partial charge in [0.2, 0.25) is 5.75 Å². The van der Waals surface area contributed by atoms with Gasteiger partial charge in [-0.3, -0.25) is 0 Å². The third kappa shape index (κ3) is 3.59. The van der Waals surface area contributed by atoms with Gasteiger partial charge in [0.1, 0.15) is 11.3 Å². The number of carboxylic acids is 1. The first-order valence-corrected chi connectivity index (χ1v) is 8.98. The summed E-state index contributed by atoms with van der Waals surface area (Å²) in [7, 11) is 6.11. The Labute approximate surface area is 166 Å². The maximum absolute atomic E-state index is 11.5. The van der Waals surface area contributed by atoms with Crippen LogP contribution in [0.15, 0.2) is 36.4 Å². The standard InChI is InChI=1S/C20H19NO6S/c1-24-15-6-5-11(7-13(15)20(22)23)14-10-18(28-21-14)12-8-16(25-2)19(27-4)17(9-12)26-3/h5-10H,1-4H3,(H,22,23). The van der Waals surface area contributed by atoms with E-state index in [0.29, 0.717) is 34.3 Å². The molecule has 0 aliphatic heterocycles. The maximum Gasteiger partial charge on any atom is 0.339 e. The molecule has 0 unspecified atom stereocenters. The minimum Gasteiger partial charge on any atom is -0.496 e. The molecule has 1 heterocycles. The smallest absolute Gasteiger partial charge is 0.339 e. The van der Waals surface area contributed by atoms with E-state index in [1.54, 1.807) is 39.5 Å². The van der Waals surface area contributed by atoms with Crippen LogP contribution in [0.5, 0.6) is 23.0 Å². The Kier molecular flexibility index (Phi) is 5.70. The minimum atomic E-state index is -1.06. The van der Waals surface area contributed by atoms with Crippen molar-refractivity contribution in [1.29, 1.82) is 0 Å². The molecule has 0 saturated heterocycles. The highest BCUT2D eigenvalue weighted by atomic mass is 32.1. The van der Waals surface area contributed by atoms with Crippen LogP contribution in [0.2, 0.25) is 0 Å². The quantitative estimate of drug-likeness (QED) is 0.634. The molecule has 146 valence electrons. The van der Waals surface area contributed by atoms with Crippen molar-refractivity contribution in [3.63, 3.8) is 0 Å². The number of hydrogen-bond donors (Lipinski definition) is 1. The highest BCUT2D eigenvalue weighted by Crippen LogP contribution is 2.42. The fourth-order valence-electron chi connectivity index (χ4n) is 2.81. The van der Waals surface area contributed by atoms with E-state index in [1.807, 2.05) is 18.2 Å². The van der Waals surface area contributed by atoms with Gasteiger partial charge in [0, 0.05) is 11.1 Å². The Balaban J connectivity index is 2.04. The number of benzene rings is 2. The summed E-state index contributed by atoms with van der Waals surface area (Å²) in [6, 6.07) is 10.5. The van der Waals surface area contributed by atoms with Crippen LogP contribution < -0.4 is 18.9 Å². The predicted molar refractivity (Wildman–Crippen MR) is 106 cm³/mol. The van der Waals surface area contributed by atoms with Crippen molar-refractivity contribution in [2.75, 3.05) is 28.4 Å². The third-order valence-corrected chi connectivity index (χ3v) is 5.02. The van der Waals surface area contributed by atoms with Crippen molar-refractivity contribution in [2.24, 2.45) is 0 Å². The number of aromatic nitrogens is 1. The average molecular weight is 401 g/mol. The summed E-state index contributed by atoms with van der Waals surface area (Å²) in [6.45, 7) is 0. The first kappa shape index (κ1) is 19.5. The highest BCUT2D eigenvalue weighted by Gasteiger charge is 2.17. The Morgan fingerprint density at radius 1 is 0.857 bits per heavy atom. The molecule has 1 N–H and O–H groups in total. The lowest BCUT2D eigenvalue weighted by atomic mass is 10.1. The summed E-state index contributed by atoms with van der Waals surface area (Å²) in [6.07, 6.45) is 0. The van der Waals surface area contributed by atoms with Gasteiger partial charge in [-0.25, -0.2) is 4.79 Å². The molecule has 0 radical (unpaired) electrons. The van der Waals surface area contributed by atoms with Crippen LogP contribution in [-0.2, 0) is 0 Å². The Bertz CT molecular complexity index is 989. The molecular weight excluding hydrogens is 382 g/mol. The maximum atomic E-state index is 11.5. The van der Waals surface area contributed by atoms with E-state index in [0.717, 1.165) is 10.4 Å². The van der Waals surface area contributed by atoms with E-state index in [2.05, 4.69) is 4.37 Å². The summed E-state index contributed by atoms with van der Waals surface area (Å²) in [5.41, 5.74) is 2.29. The Hall–Kier alpha value is -3.26. The molecule has 8 heteroatoms. The van der Waals surface area contributed by atoms with Crippen LogP contribution in [0.3, 0.4) is 0 Å². The first-order chi connectivity index (χ1) is 13.5. The number of carbonyl (C=O) groups is 1. The number of aromatic carboxylic acids is 1. The summed E-state index contributed by atoms with van der Waals surface area (Å²) >= 11 is 1.29. The normalized spacial score (nSPS) is 10.4. The average Bonchev–Trinajstić information content (AvgIpc) is 3.22. The second-order valence-electron chi connectivity index (χ2n) is 5.71. The summed E-state index contributed by atoms with van der Waals surface area (Å²) in [5, 5.41) is 9.38. The summed E-state index contributed by atoms with van der Waals surface area (Å²) < 4.78 is 25.7. The molecule has 0 atom stereocenters. The second-order valence-corrected chi connectivity index (χ2v) is 6.52. The van der Waals surface area contributed by atoms with Gasteiger partial charge in [-0.2, -0.15) is 4.37 Å². The predicted octanol–water partition coefficient (Wildman–Crippen LogP) is 4.21. The number of carboxylic acid groups (broad SMARTS) is 1. The van der Waals surface area contributed by atoms with Gasteiger partial charge in [0.15, 0.2) is 11.5 Å². The lowest BCUT2D eigenvalue weighted by Gasteiger charge is -2.13. The van der Waals surface area contributed by atoms with Gasteiger partial charge in [0.25, 0.3) is 0 Å². The Morgan fingerprint density at radius 3 is 2.04 bits per heavy atom. The summed E-state index contributed by atoms with van der Waals surface area (Å²) in [5.74, 6) is 0.851. The van der Waals surface area contributed by atoms with Crippen LogP contribution in [0.1, 0.15) is 10.4 Å². The summed E-state index contributed by atoms with van der Waals surface area (Å²) in [4.78, 5) is 12.3. The van der Waals surface area contributed by atoms with Crippen LogP contribution in [0.25, 0.3) is 21.7 Å². The molecule has 0 bridgehead atoms. The molecule has 0 saturated carbocycles. The number of ether oxygens (including phenoxy) is 4. The van der Waals surface area contributed by atoms with E-state index in [1.165, 1.54) is 18.6 Å². The molecule has 7 nitrogen and oxygen atoms in total. The molecule has 1 aromatic heterocycles. The highest BCUT2D eigenvalue weighted by molar-refractivity contribution is 7.09. The van der Waals surface area contributed by atoms with Crippen molar-refractivity contribution < 1.29 is 28.8 Å². The fraction of sp³-hybridized carbons (Fsp3) is 0.200. The molecule has 0 amide bonds. The van der Waals surface area contributed by atoms with Crippen LogP contribution in [0, 0.1) is 0 Å².